The van der Waals surface area contributed by atoms with Crippen molar-refractivity contribution in [3.8, 4) is 0 Å². The molecular weight excluding hydrogens is 186 g/mol. The average Bonchev–Trinajstić information content (AvgIpc) is 2.25. The lowest BCUT2D eigenvalue weighted by Crippen LogP contribution is -2.24. The summed E-state index contributed by atoms with van der Waals surface area (Å²) in [6, 6.07) is 2.59. The molecule has 0 aliphatic rings. The lowest BCUT2D eigenvalue weighted by molar-refractivity contribution is 0.511. The third-order valence-electron chi connectivity index (χ3n) is 2.62. The van der Waals surface area contributed by atoms with Crippen LogP contribution < -0.4 is 10.6 Å². The quantitative estimate of drug-likeness (QED) is 0.779. The average molecular weight is 207 g/mol. The maximum absolute atomic E-state index is 4.18. The van der Waals surface area contributed by atoms with Crippen LogP contribution in [0.5, 0.6) is 0 Å². The summed E-state index contributed by atoms with van der Waals surface area (Å²) in [4.78, 5) is 4.18. The fourth-order valence-electron chi connectivity index (χ4n) is 1.61. The summed E-state index contributed by atoms with van der Waals surface area (Å²) in [5.41, 5.74) is 2.13. The normalized spacial score (nSPS) is 12.6. The van der Waals surface area contributed by atoms with E-state index in [1.807, 2.05) is 19.4 Å². The Morgan fingerprint density at radius 3 is 2.47 bits per heavy atom. The van der Waals surface area contributed by atoms with Crippen molar-refractivity contribution in [3.63, 3.8) is 0 Å². The van der Waals surface area contributed by atoms with Gasteiger partial charge >= 0.3 is 0 Å². The molecule has 3 heteroatoms. The van der Waals surface area contributed by atoms with Gasteiger partial charge in [0, 0.05) is 13.1 Å². The molecule has 0 saturated carbocycles. The molecule has 15 heavy (non-hydrogen) atoms. The molecule has 2 N–H and O–H groups in total. The number of pyridine rings is 1. The first-order valence-electron chi connectivity index (χ1n) is 5.56. The molecule has 0 radical (unpaired) electrons. The van der Waals surface area contributed by atoms with E-state index < -0.39 is 0 Å². The maximum atomic E-state index is 4.18. The third kappa shape index (κ3) is 3.42. The van der Waals surface area contributed by atoms with Gasteiger partial charge in [-0.15, -0.1) is 0 Å². The van der Waals surface area contributed by atoms with Crippen molar-refractivity contribution >= 4 is 11.4 Å². The molecule has 1 rings (SSSR count). The number of aromatic nitrogens is 1. The second kappa shape index (κ2) is 5.59. The first kappa shape index (κ1) is 11.8. The molecule has 3 nitrogen and oxygen atoms in total. The Bertz CT molecular complexity index is 297. The molecule has 1 atom stereocenters. The Balaban J connectivity index is 2.70. The molecular formula is C12H21N3. The predicted molar refractivity (Wildman–Crippen MR) is 66.3 cm³/mol. The van der Waals surface area contributed by atoms with E-state index >= 15 is 0 Å². The predicted octanol–water partition coefficient (Wildman–Crippen LogP) is 2.97. The number of hydrogen-bond acceptors (Lipinski definition) is 3. The molecule has 0 amide bonds. The van der Waals surface area contributed by atoms with Crippen LogP contribution in [0.1, 0.15) is 27.2 Å². The molecule has 1 aromatic heterocycles. The Hall–Kier alpha value is -1.25. The maximum Gasteiger partial charge on any atom is 0.0549 e. The lowest BCUT2D eigenvalue weighted by atomic mass is 10.0. The smallest absolute Gasteiger partial charge is 0.0549 e. The van der Waals surface area contributed by atoms with Crippen molar-refractivity contribution in [1.82, 2.24) is 4.98 Å². The zero-order chi connectivity index (χ0) is 11.3. The SMILES string of the molecule is CCC(Nc1cncc(NC)c1)C(C)C. The molecule has 84 valence electrons. The van der Waals surface area contributed by atoms with Crippen LogP contribution >= 0.6 is 0 Å². The molecule has 1 unspecified atom stereocenters. The zero-order valence-electron chi connectivity index (χ0n) is 10.0. The van der Waals surface area contributed by atoms with E-state index in [-0.39, 0.29) is 0 Å². The van der Waals surface area contributed by atoms with Gasteiger partial charge in [-0.05, 0) is 18.4 Å². The summed E-state index contributed by atoms with van der Waals surface area (Å²) < 4.78 is 0. The van der Waals surface area contributed by atoms with Crippen LogP contribution in [0.3, 0.4) is 0 Å². The molecule has 0 fully saturated rings. The lowest BCUT2D eigenvalue weighted by Gasteiger charge is -2.22. The summed E-state index contributed by atoms with van der Waals surface area (Å²) in [7, 11) is 1.90. The number of anilines is 2. The fourth-order valence-corrected chi connectivity index (χ4v) is 1.61. The van der Waals surface area contributed by atoms with E-state index in [1.165, 1.54) is 0 Å². The highest BCUT2D eigenvalue weighted by molar-refractivity contribution is 5.54. The summed E-state index contributed by atoms with van der Waals surface area (Å²) in [6.07, 6.45) is 4.81. The highest BCUT2D eigenvalue weighted by atomic mass is 14.9. The molecule has 0 bridgehead atoms. The topological polar surface area (TPSA) is 37.0 Å². The first-order valence-corrected chi connectivity index (χ1v) is 5.56. The summed E-state index contributed by atoms with van der Waals surface area (Å²) in [6.45, 7) is 6.67. The van der Waals surface area contributed by atoms with E-state index in [0.29, 0.717) is 12.0 Å². The van der Waals surface area contributed by atoms with Crippen LogP contribution in [0.15, 0.2) is 18.5 Å². The van der Waals surface area contributed by atoms with Crippen LogP contribution in [0.2, 0.25) is 0 Å². The minimum absolute atomic E-state index is 0.513. The molecule has 0 aliphatic heterocycles. The van der Waals surface area contributed by atoms with Gasteiger partial charge in [0.15, 0.2) is 0 Å². The molecule has 0 aliphatic carbocycles. The highest BCUT2D eigenvalue weighted by Gasteiger charge is 2.10. The molecule has 0 spiro atoms. The van der Waals surface area contributed by atoms with Gasteiger partial charge in [0.05, 0.1) is 23.8 Å². The van der Waals surface area contributed by atoms with E-state index in [1.54, 1.807) is 0 Å². The van der Waals surface area contributed by atoms with Gasteiger partial charge < -0.3 is 10.6 Å². The fraction of sp³-hybridized carbons (Fsp3) is 0.583. The van der Waals surface area contributed by atoms with Crippen molar-refractivity contribution in [2.45, 2.75) is 33.2 Å². The van der Waals surface area contributed by atoms with Crippen LogP contribution in [0.25, 0.3) is 0 Å². The minimum Gasteiger partial charge on any atom is -0.387 e. The van der Waals surface area contributed by atoms with Crippen LogP contribution in [0.4, 0.5) is 11.4 Å². The standard InChI is InChI=1S/C12H21N3/c1-5-12(9(2)3)15-11-6-10(13-4)7-14-8-11/h6-9,12-13,15H,5H2,1-4H3. The first-order chi connectivity index (χ1) is 7.17. The van der Waals surface area contributed by atoms with E-state index in [0.717, 1.165) is 17.8 Å². The number of hydrogen-bond donors (Lipinski definition) is 2. The van der Waals surface area contributed by atoms with Gasteiger partial charge in [0.25, 0.3) is 0 Å². The third-order valence-corrected chi connectivity index (χ3v) is 2.62. The Morgan fingerprint density at radius 2 is 1.93 bits per heavy atom. The molecule has 1 aromatic rings. The Morgan fingerprint density at radius 1 is 1.27 bits per heavy atom. The number of nitrogens with one attached hydrogen (secondary N) is 2. The van der Waals surface area contributed by atoms with Crippen LogP contribution in [-0.4, -0.2) is 18.1 Å². The molecule has 1 heterocycles. The monoisotopic (exact) mass is 207 g/mol. The van der Waals surface area contributed by atoms with Crippen molar-refractivity contribution in [2.75, 3.05) is 17.7 Å². The van der Waals surface area contributed by atoms with Gasteiger partial charge in [0.2, 0.25) is 0 Å². The van der Waals surface area contributed by atoms with Crippen molar-refractivity contribution < 1.29 is 0 Å². The Labute approximate surface area is 92.3 Å². The van der Waals surface area contributed by atoms with E-state index in [2.05, 4.69) is 42.5 Å². The summed E-state index contributed by atoms with van der Waals surface area (Å²) in [5.74, 6) is 0.633. The van der Waals surface area contributed by atoms with Gasteiger partial charge in [-0.3, -0.25) is 4.98 Å². The Kier molecular flexibility index (Phi) is 4.40. The van der Waals surface area contributed by atoms with Gasteiger partial charge in [0.1, 0.15) is 0 Å². The van der Waals surface area contributed by atoms with Crippen LogP contribution in [-0.2, 0) is 0 Å². The van der Waals surface area contributed by atoms with Gasteiger partial charge in [-0.2, -0.15) is 0 Å². The van der Waals surface area contributed by atoms with Crippen molar-refractivity contribution in [3.05, 3.63) is 18.5 Å². The van der Waals surface area contributed by atoms with Crippen molar-refractivity contribution in [1.29, 1.82) is 0 Å². The van der Waals surface area contributed by atoms with E-state index in [9.17, 15) is 0 Å². The molecule has 0 saturated heterocycles. The molecule has 0 aromatic carbocycles. The summed E-state index contributed by atoms with van der Waals surface area (Å²) in [5, 5.41) is 6.59. The van der Waals surface area contributed by atoms with E-state index in [4.69, 9.17) is 0 Å². The van der Waals surface area contributed by atoms with Gasteiger partial charge in [-0.1, -0.05) is 20.8 Å². The minimum atomic E-state index is 0.513. The second-order valence-corrected chi connectivity index (χ2v) is 4.12. The van der Waals surface area contributed by atoms with Crippen molar-refractivity contribution in [2.24, 2.45) is 5.92 Å². The largest absolute Gasteiger partial charge is 0.387 e. The van der Waals surface area contributed by atoms with Gasteiger partial charge in [-0.25, -0.2) is 0 Å². The zero-order valence-corrected chi connectivity index (χ0v) is 10.0. The highest BCUT2D eigenvalue weighted by Crippen LogP contribution is 2.17. The number of nitrogens with zero attached hydrogens (tertiary/aromatic N) is 1. The second-order valence-electron chi connectivity index (χ2n) is 4.12. The van der Waals surface area contributed by atoms with Crippen LogP contribution in [0, 0.1) is 5.92 Å². The summed E-state index contributed by atoms with van der Waals surface area (Å²) >= 11 is 0. The number of rotatable bonds is 5.